The number of carbonyl (C=O) groups excluding carboxylic acids is 1. The Morgan fingerprint density at radius 2 is 2.33 bits per heavy atom. The van der Waals surface area contributed by atoms with E-state index in [-0.39, 0.29) is 18.4 Å². The van der Waals surface area contributed by atoms with E-state index >= 15 is 0 Å². The van der Waals surface area contributed by atoms with E-state index in [0.717, 1.165) is 11.3 Å². The first kappa shape index (κ1) is 15.2. The van der Waals surface area contributed by atoms with Gasteiger partial charge in [-0.25, -0.2) is 4.98 Å². The van der Waals surface area contributed by atoms with E-state index in [1.807, 2.05) is 25.1 Å². The first-order chi connectivity index (χ1) is 10.1. The molecule has 0 aliphatic heterocycles. The Morgan fingerprint density at radius 1 is 1.52 bits per heavy atom. The summed E-state index contributed by atoms with van der Waals surface area (Å²) >= 11 is 0. The molecule has 1 aromatic heterocycles. The second-order valence-electron chi connectivity index (χ2n) is 4.72. The molecule has 1 unspecified atom stereocenters. The van der Waals surface area contributed by atoms with Gasteiger partial charge in [0.2, 0.25) is 11.8 Å². The molecule has 21 heavy (non-hydrogen) atoms. The number of methoxy groups -OCH3 is 1. The number of oxazole rings is 1. The van der Waals surface area contributed by atoms with Gasteiger partial charge >= 0.3 is 0 Å². The summed E-state index contributed by atoms with van der Waals surface area (Å²) < 4.78 is 10.4. The van der Waals surface area contributed by atoms with Gasteiger partial charge in [-0.05, 0) is 25.1 Å². The van der Waals surface area contributed by atoms with Crippen LogP contribution in [0.2, 0.25) is 0 Å². The Balaban J connectivity index is 2.06. The summed E-state index contributed by atoms with van der Waals surface area (Å²) in [7, 11) is 1.54. The molecule has 0 radical (unpaired) electrons. The Morgan fingerprint density at radius 3 is 2.95 bits per heavy atom. The van der Waals surface area contributed by atoms with Crippen molar-refractivity contribution in [2.75, 3.05) is 19.0 Å². The van der Waals surface area contributed by atoms with Crippen LogP contribution in [-0.2, 0) is 9.53 Å². The number of nitrogens with one attached hydrogen (secondary N) is 1. The molecule has 3 N–H and O–H groups in total. The fourth-order valence-corrected chi connectivity index (χ4v) is 1.90. The van der Waals surface area contributed by atoms with Crippen molar-refractivity contribution < 1.29 is 13.9 Å². The highest BCUT2D eigenvalue weighted by Gasteiger charge is 2.12. The minimum atomic E-state index is -0.275. The van der Waals surface area contributed by atoms with Crippen LogP contribution in [0, 0.1) is 6.92 Å². The van der Waals surface area contributed by atoms with E-state index in [1.54, 1.807) is 12.3 Å². The number of rotatable bonds is 6. The molecule has 0 bridgehead atoms. The molecule has 6 nitrogen and oxygen atoms in total. The van der Waals surface area contributed by atoms with Crippen molar-refractivity contribution in [1.29, 1.82) is 0 Å². The molecule has 6 heteroatoms. The standard InChI is InChI=1S/C15H19N3O3/c1-10-9-21-15(17-10)11-4-3-5-12(6-11)18-14(19)7-13(8-16)20-2/h3-6,9,13H,7-8,16H2,1-2H3,(H,18,19). The number of hydrogen-bond donors (Lipinski definition) is 2. The van der Waals surface area contributed by atoms with Crippen LogP contribution in [0.4, 0.5) is 5.69 Å². The predicted octanol–water partition coefficient (Wildman–Crippen LogP) is 1.95. The quantitative estimate of drug-likeness (QED) is 0.848. The Labute approximate surface area is 123 Å². The van der Waals surface area contributed by atoms with Gasteiger partial charge < -0.3 is 20.2 Å². The average molecular weight is 289 g/mol. The summed E-state index contributed by atoms with van der Waals surface area (Å²) in [6.07, 6.45) is 1.53. The van der Waals surface area contributed by atoms with E-state index in [2.05, 4.69) is 10.3 Å². The SMILES string of the molecule is COC(CN)CC(=O)Nc1cccc(-c2nc(C)co2)c1. The second-order valence-corrected chi connectivity index (χ2v) is 4.72. The fraction of sp³-hybridized carbons (Fsp3) is 0.333. The number of carbonyl (C=O) groups is 1. The van der Waals surface area contributed by atoms with E-state index in [9.17, 15) is 4.79 Å². The molecule has 1 heterocycles. The van der Waals surface area contributed by atoms with Gasteiger partial charge in [-0.2, -0.15) is 0 Å². The summed E-state index contributed by atoms with van der Waals surface area (Å²) in [5, 5.41) is 2.81. The zero-order valence-corrected chi connectivity index (χ0v) is 12.1. The maximum Gasteiger partial charge on any atom is 0.227 e. The molecule has 0 saturated carbocycles. The number of aromatic nitrogens is 1. The lowest BCUT2D eigenvalue weighted by molar-refractivity contribution is -0.118. The minimum Gasteiger partial charge on any atom is -0.444 e. The number of benzene rings is 1. The van der Waals surface area contributed by atoms with Crippen LogP contribution >= 0.6 is 0 Å². The maximum atomic E-state index is 11.9. The molecule has 1 atom stereocenters. The van der Waals surface area contributed by atoms with Crippen molar-refractivity contribution in [2.24, 2.45) is 5.73 Å². The van der Waals surface area contributed by atoms with E-state index in [1.165, 1.54) is 7.11 Å². The van der Waals surface area contributed by atoms with E-state index in [4.69, 9.17) is 14.9 Å². The third kappa shape index (κ3) is 4.14. The van der Waals surface area contributed by atoms with Gasteiger partial charge in [0.1, 0.15) is 6.26 Å². The van der Waals surface area contributed by atoms with Gasteiger partial charge in [-0.3, -0.25) is 4.79 Å². The Hall–Kier alpha value is -2.18. The molecule has 2 aromatic rings. The number of hydrogen-bond acceptors (Lipinski definition) is 5. The Bertz CT molecular complexity index is 606. The van der Waals surface area contributed by atoms with E-state index in [0.29, 0.717) is 18.1 Å². The largest absolute Gasteiger partial charge is 0.444 e. The van der Waals surface area contributed by atoms with Crippen LogP contribution in [-0.4, -0.2) is 30.6 Å². The molecular formula is C15H19N3O3. The van der Waals surface area contributed by atoms with Crippen LogP contribution < -0.4 is 11.1 Å². The predicted molar refractivity (Wildman–Crippen MR) is 79.8 cm³/mol. The molecule has 0 fully saturated rings. The van der Waals surface area contributed by atoms with Gasteiger partial charge in [0.15, 0.2) is 0 Å². The summed E-state index contributed by atoms with van der Waals surface area (Å²) in [5.74, 6) is 0.383. The maximum absolute atomic E-state index is 11.9. The van der Waals surface area contributed by atoms with Crippen LogP contribution in [0.3, 0.4) is 0 Å². The lowest BCUT2D eigenvalue weighted by Gasteiger charge is -2.12. The molecule has 0 aliphatic carbocycles. The van der Waals surface area contributed by atoms with Gasteiger partial charge in [0.05, 0.1) is 18.2 Å². The monoisotopic (exact) mass is 289 g/mol. The summed E-state index contributed by atoms with van der Waals surface area (Å²) in [5.41, 5.74) is 7.80. The van der Waals surface area contributed by atoms with Crippen molar-refractivity contribution in [3.05, 3.63) is 36.2 Å². The summed E-state index contributed by atoms with van der Waals surface area (Å²) in [6, 6.07) is 7.33. The lowest BCUT2D eigenvalue weighted by atomic mass is 10.2. The van der Waals surface area contributed by atoms with Gasteiger partial charge in [-0.1, -0.05) is 6.07 Å². The third-order valence-corrected chi connectivity index (χ3v) is 3.02. The highest BCUT2D eigenvalue weighted by atomic mass is 16.5. The number of anilines is 1. The number of nitrogens with two attached hydrogens (primary N) is 1. The molecule has 2 rings (SSSR count). The van der Waals surface area contributed by atoms with E-state index < -0.39 is 0 Å². The molecule has 0 spiro atoms. The van der Waals surface area contributed by atoms with Crippen molar-refractivity contribution in [1.82, 2.24) is 4.98 Å². The topological polar surface area (TPSA) is 90.4 Å². The second kappa shape index (κ2) is 7.01. The molecular weight excluding hydrogens is 270 g/mol. The molecule has 1 amide bonds. The molecule has 112 valence electrons. The van der Waals surface area contributed by atoms with Crippen LogP contribution in [0.15, 0.2) is 34.9 Å². The Kier molecular flexibility index (Phi) is 5.08. The van der Waals surface area contributed by atoms with Gasteiger partial charge in [0.25, 0.3) is 0 Å². The van der Waals surface area contributed by atoms with Crippen LogP contribution in [0.25, 0.3) is 11.5 Å². The summed E-state index contributed by atoms with van der Waals surface area (Å²) in [4.78, 5) is 16.2. The number of nitrogens with zero attached hydrogens (tertiary/aromatic N) is 1. The minimum absolute atomic E-state index is 0.145. The van der Waals surface area contributed by atoms with Gasteiger partial charge in [-0.15, -0.1) is 0 Å². The number of amides is 1. The van der Waals surface area contributed by atoms with Crippen molar-refractivity contribution in [2.45, 2.75) is 19.4 Å². The van der Waals surface area contributed by atoms with Crippen molar-refractivity contribution >= 4 is 11.6 Å². The number of aryl methyl sites for hydroxylation is 1. The molecule has 0 saturated heterocycles. The highest BCUT2D eigenvalue weighted by molar-refractivity contribution is 5.91. The lowest BCUT2D eigenvalue weighted by Crippen LogP contribution is -2.28. The van der Waals surface area contributed by atoms with Crippen LogP contribution in [0.1, 0.15) is 12.1 Å². The first-order valence-corrected chi connectivity index (χ1v) is 6.67. The molecule has 0 aliphatic rings. The zero-order valence-electron chi connectivity index (χ0n) is 12.1. The fourth-order valence-electron chi connectivity index (χ4n) is 1.90. The average Bonchev–Trinajstić information content (AvgIpc) is 2.91. The smallest absolute Gasteiger partial charge is 0.227 e. The third-order valence-electron chi connectivity index (χ3n) is 3.02. The zero-order chi connectivity index (χ0) is 15.2. The first-order valence-electron chi connectivity index (χ1n) is 6.67. The van der Waals surface area contributed by atoms with Crippen molar-refractivity contribution in [3.63, 3.8) is 0 Å². The normalized spacial score (nSPS) is 12.1. The van der Waals surface area contributed by atoms with Gasteiger partial charge in [0, 0.05) is 24.9 Å². The highest BCUT2D eigenvalue weighted by Crippen LogP contribution is 2.22. The summed E-state index contributed by atoms with van der Waals surface area (Å²) in [6.45, 7) is 2.16. The molecule has 1 aromatic carbocycles. The van der Waals surface area contributed by atoms with Crippen molar-refractivity contribution in [3.8, 4) is 11.5 Å². The van der Waals surface area contributed by atoms with Crippen LogP contribution in [0.5, 0.6) is 0 Å². The number of ether oxygens (including phenoxy) is 1.